The van der Waals surface area contributed by atoms with Gasteiger partial charge in [-0.2, -0.15) is 0 Å². The lowest BCUT2D eigenvalue weighted by Crippen LogP contribution is -3.00. The molecular weight excluding hydrogens is 365 g/mol. The van der Waals surface area contributed by atoms with Crippen molar-refractivity contribution in [3.63, 3.8) is 0 Å². The molecule has 1 aromatic carbocycles. The van der Waals surface area contributed by atoms with E-state index in [-0.39, 0.29) is 30.0 Å². The number of benzene rings is 1. The summed E-state index contributed by atoms with van der Waals surface area (Å²) in [4.78, 5) is 14.1. The zero-order valence-corrected chi connectivity index (χ0v) is 14.9. The van der Waals surface area contributed by atoms with Crippen LogP contribution in [0.2, 0.25) is 0 Å². The van der Waals surface area contributed by atoms with E-state index < -0.39 is 0 Å². The number of anilines is 1. The quantitative estimate of drug-likeness (QED) is 0.497. The fourth-order valence-corrected chi connectivity index (χ4v) is 2.46. The standard InChI is InChI=1S/C15H23N3O.HI/c1-12-9-13(2)11-14(10-12)16-15(19)17-5-7-18(3,4)8-6-17;/h9-11H,5-8H2,1-4H3;1H. The monoisotopic (exact) mass is 389 g/mol. The van der Waals surface area contributed by atoms with Crippen molar-refractivity contribution in [2.75, 3.05) is 45.6 Å². The maximum Gasteiger partial charge on any atom is 0.322 e. The third kappa shape index (κ3) is 4.63. The predicted octanol–water partition coefficient (Wildman–Crippen LogP) is -0.769. The molecule has 0 radical (unpaired) electrons. The Kier molecular flexibility index (Phi) is 5.82. The Labute approximate surface area is 138 Å². The minimum absolute atomic E-state index is 0. The van der Waals surface area contributed by atoms with Gasteiger partial charge in [-0.15, -0.1) is 0 Å². The molecule has 1 fully saturated rings. The number of hydrogen-bond donors (Lipinski definition) is 1. The van der Waals surface area contributed by atoms with Gasteiger partial charge in [-0.25, -0.2) is 4.79 Å². The number of nitrogens with one attached hydrogen (secondary N) is 1. The third-order valence-corrected chi connectivity index (χ3v) is 3.71. The zero-order valence-electron chi connectivity index (χ0n) is 12.7. The van der Waals surface area contributed by atoms with Crippen molar-refractivity contribution in [3.8, 4) is 0 Å². The highest BCUT2D eigenvalue weighted by Gasteiger charge is 2.27. The summed E-state index contributed by atoms with van der Waals surface area (Å²) in [6.07, 6.45) is 0. The molecule has 2 amide bonds. The summed E-state index contributed by atoms with van der Waals surface area (Å²) in [5, 5.41) is 3.00. The first-order valence-electron chi connectivity index (χ1n) is 6.82. The van der Waals surface area contributed by atoms with E-state index in [1.54, 1.807) is 0 Å². The molecule has 1 aliphatic rings. The first-order chi connectivity index (χ1) is 8.85. The molecule has 0 unspecified atom stereocenters. The van der Waals surface area contributed by atoms with E-state index >= 15 is 0 Å². The largest absolute Gasteiger partial charge is 1.00 e. The lowest BCUT2D eigenvalue weighted by Gasteiger charge is -2.38. The molecule has 1 N–H and O–H groups in total. The fourth-order valence-electron chi connectivity index (χ4n) is 2.46. The molecule has 5 heteroatoms. The highest BCUT2D eigenvalue weighted by atomic mass is 127. The van der Waals surface area contributed by atoms with Gasteiger partial charge in [0, 0.05) is 5.69 Å². The number of aryl methyl sites for hydroxylation is 2. The summed E-state index contributed by atoms with van der Waals surface area (Å²) in [5.41, 5.74) is 3.24. The highest BCUT2D eigenvalue weighted by Crippen LogP contribution is 2.15. The molecule has 1 heterocycles. The van der Waals surface area contributed by atoms with E-state index in [1.165, 1.54) is 11.1 Å². The summed E-state index contributed by atoms with van der Waals surface area (Å²) in [6, 6.07) is 6.14. The lowest BCUT2D eigenvalue weighted by molar-refractivity contribution is -0.894. The first kappa shape index (κ1) is 17.2. The second kappa shape index (κ2) is 6.76. The molecule has 4 nitrogen and oxygen atoms in total. The first-order valence-corrected chi connectivity index (χ1v) is 6.82. The van der Waals surface area contributed by atoms with Crippen LogP contribution < -0.4 is 29.3 Å². The Morgan fingerprint density at radius 2 is 1.60 bits per heavy atom. The topological polar surface area (TPSA) is 32.3 Å². The predicted molar refractivity (Wildman–Crippen MR) is 78.4 cm³/mol. The molecule has 20 heavy (non-hydrogen) atoms. The maximum absolute atomic E-state index is 12.2. The Balaban J connectivity index is 0.00000200. The maximum atomic E-state index is 12.2. The molecule has 0 bridgehead atoms. The van der Waals surface area contributed by atoms with Crippen LogP contribution >= 0.6 is 0 Å². The van der Waals surface area contributed by atoms with Crippen LogP contribution in [0.25, 0.3) is 0 Å². The van der Waals surface area contributed by atoms with Crippen LogP contribution in [0.1, 0.15) is 11.1 Å². The van der Waals surface area contributed by atoms with Gasteiger partial charge in [0.15, 0.2) is 0 Å². The second-order valence-electron chi connectivity index (χ2n) is 6.18. The van der Waals surface area contributed by atoms with E-state index in [0.717, 1.165) is 36.3 Å². The molecule has 0 spiro atoms. The number of hydrogen-bond acceptors (Lipinski definition) is 1. The number of piperazine rings is 1. The Morgan fingerprint density at radius 1 is 1.10 bits per heavy atom. The van der Waals surface area contributed by atoms with Gasteiger partial charge in [-0.1, -0.05) is 6.07 Å². The van der Waals surface area contributed by atoms with Crippen molar-refractivity contribution in [3.05, 3.63) is 29.3 Å². The van der Waals surface area contributed by atoms with Gasteiger partial charge in [-0.3, -0.25) is 0 Å². The van der Waals surface area contributed by atoms with E-state index in [4.69, 9.17) is 0 Å². The fraction of sp³-hybridized carbons (Fsp3) is 0.533. The van der Waals surface area contributed by atoms with Crippen molar-refractivity contribution in [1.82, 2.24) is 4.90 Å². The van der Waals surface area contributed by atoms with E-state index in [2.05, 4.69) is 25.5 Å². The summed E-state index contributed by atoms with van der Waals surface area (Å²) in [7, 11) is 4.42. The highest BCUT2D eigenvalue weighted by molar-refractivity contribution is 5.89. The van der Waals surface area contributed by atoms with Gasteiger partial charge in [0.05, 0.1) is 40.3 Å². The van der Waals surface area contributed by atoms with Crippen LogP contribution in [-0.4, -0.2) is 55.7 Å². The normalized spacial score (nSPS) is 17.3. The number of carbonyl (C=O) groups excluding carboxylic acids is 1. The molecule has 1 aromatic rings. The van der Waals surface area contributed by atoms with Gasteiger partial charge in [-0.05, 0) is 37.1 Å². The molecule has 2 rings (SSSR count). The van der Waals surface area contributed by atoms with E-state index in [0.29, 0.717) is 0 Å². The van der Waals surface area contributed by atoms with Crippen LogP contribution in [0, 0.1) is 13.8 Å². The van der Waals surface area contributed by atoms with Crippen molar-refractivity contribution >= 4 is 11.7 Å². The number of amides is 2. The Hall–Kier alpha value is -0.820. The van der Waals surface area contributed by atoms with Crippen molar-refractivity contribution in [2.45, 2.75) is 13.8 Å². The number of rotatable bonds is 1. The molecule has 1 saturated heterocycles. The summed E-state index contributed by atoms with van der Waals surface area (Å²) in [5.74, 6) is 0. The SMILES string of the molecule is Cc1cc(C)cc(NC(=O)N2CC[N+](C)(C)CC2)c1.[I-]. The van der Waals surface area contributed by atoms with Crippen LogP contribution in [-0.2, 0) is 0 Å². The van der Waals surface area contributed by atoms with Gasteiger partial charge in [0.25, 0.3) is 0 Å². The molecule has 0 aromatic heterocycles. The van der Waals surface area contributed by atoms with Gasteiger partial charge < -0.3 is 38.7 Å². The number of nitrogens with zero attached hydrogens (tertiary/aromatic N) is 2. The number of urea groups is 1. The summed E-state index contributed by atoms with van der Waals surface area (Å²) < 4.78 is 0.993. The Bertz CT molecular complexity index is 458. The van der Waals surface area contributed by atoms with E-state index in [1.807, 2.05) is 30.9 Å². The average molecular weight is 389 g/mol. The van der Waals surface area contributed by atoms with Crippen molar-refractivity contribution in [1.29, 1.82) is 0 Å². The van der Waals surface area contributed by atoms with Crippen LogP contribution in [0.5, 0.6) is 0 Å². The summed E-state index contributed by atoms with van der Waals surface area (Å²) in [6.45, 7) is 7.76. The van der Waals surface area contributed by atoms with Crippen molar-refractivity contribution < 1.29 is 33.3 Å². The minimum atomic E-state index is 0. The van der Waals surface area contributed by atoms with Gasteiger partial charge in [0.2, 0.25) is 0 Å². The van der Waals surface area contributed by atoms with Gasteiger partial charge in [0.1, 0.15) is 0 Å². The van der Waals surface area contributed by atoms with Gasteiger partial charge >= 0.3 is 6.03 Å². The smallest absolute Gasteiger partial charge is 0.322 e. The minimum Gasteiger partial charge on any atom is -1.00 e. The summed E-state index contributed by atoms with van der Waals surface area (Å²) >= 11 is 0. The van der Waals surface area contributed by atoms with Crippen LogP contribution in [0.4, 0.5) is 10.5 Å². The average Bonchev–Trinajstić information content (AvgIpc) is 2.26. The lowest BCUT2D eigenvalue weighted by atomic mass is 10.1. The zero-order chi connectivity index (χ0) is 14.0. The second-order valence-corrected chi connectivity index (χ2v) is 6.18. The Morgan fingerprint density at radius 3 is 2.10 bits per heavy atom. The molecule has 112 valence electrons. The van der Waals surface area contributed by atoms with Crippen LogP contribution in [0.15, 0.2) is 18.2 Å². The molecule has 1 aliphatic heterocycles. The van der Waals surface area contributed by atoms with Crippen LogP contribution in [0.3, 0.4) is 0 Å². The molecule has 0 atom stereocenters. The molecular formula is C15H24IN3O. The molecule has 0 aliphatic carbocycles. The third-order valence-electron chi connectivity index (χ3n) is 3.71. The number of quaternary nitrogens is 1. The number of halogens is 1. The molecule has 0 saturated carbocycles. The number of carbonyl (C=O) groups is 1. The number of likely N-dealkylation sites (N-methyl/N-ethyl adjacent to an activating group) is 1. The van der Waals surface area contributed by atoms with Crippen molar-refractivity contribution in [2.24, 2.45) is 0 Å². The van der Waals surface area contributed by atoms with E-state index in [9.17, 15) is 4.79 Å².